The molecule has 0 saturated heterocycles. The van der Waals surface area contributed by atoms with Crippen LogP contribution in [0.3, 0.4) is 0 Å². The Morgan fingerprint density at radius 3 is 1.38 bits per heavy atom. The largest absolute Gasteiger partial charge is 0.328 e. The fourth-order valence-corrected chi connectivity index (χ4v) is 0. The van der Waals surface area contributed by atoms with Gasteiger partial charge in [0, 0.05) is 0 Å². The van der Waals surface area contributed by atoms with E-state index in [9.17, 15) is 0 Å². The Kier molecular flexibility index (Phi) is 8.53. The molecule has 0 unspecified atom stereocenters. The number of rotatable bonds is 0. The average Bonchev–Trinajstić information content (AvgIpc) is 1.25. The van der Waals surface area contributed by atoms with Crippen LogP contribution < -0.4 is 0 Å². The molecule has 0 rings (SSSR count). The van der Waals surface area contributed by atoms with E-state index in [1.165, 1.54) is 0 Å². The van der Waals surface area contributed by atoms with Crippen LogP contribution in [0.15, 0.2) is 0 Å². The van der Waals surface area contributed by atoms with Gasteiger partial charge >= 0.3 is 8.60 Å². The minimum Gasteiger partial charge on any atom is -0.328 e. The molecule has 0 aliphatic heterocycles. The van der Waals surface area contributed by atoms with Crippen molar-refractivity contribution in [3.05, 3.63) is 10.1 Å². The molecule has 0 aromatic rings. The highest BCUT2D eigenvalue weighted by atomic mass is 31.2. The molecule has 0 heterocycles. The third-order valence-corrected chi connectivity index (χ3v) is 0. The average molecular weight is 145 g/mol. The summed E-state index contributed by atoms with van der Waals surface area (Å²) in [6, 6.07) is 0. The third-order valence-electron chi connectivity index (χ3n) is 0. The van der Waals surface area contributed by atoms with Gasteiger partial charge in [0.2, 0.25) is 0 Å². The highest BCUT2D eigenvalue weighted by Crippen LogP contribution is 2.11. The summed E-state index contributed by atoms with van der Waals surface area (Å²) in [6.45, 7) is 0. The van der Waals surface area contributed by atoms with Crippen LogP contribution in [0.1, 0.15) is 0 Å². The van der Waals surface area contributed by atoms with Gasteiger partial charge in [0.1, 0.15) is 0 Å². The van der Waals surface area contributed by atoms with Crippen molar-refractivity contribution >= 4 is 8.60 Å². The molecular formula is H4NO6P. The summed E-state index contributed by atoms with van der Waals surface area (Å²) in [5.41, 5.74) is 0. The molecule has 0 spiro atoms. The highest BCUT2D eigenvalue weighted by Gasteiger charge is 1.76. The summed E-state index contributed by atoms with van der Waals surface area (Å²) in [7, 11) is -2.62. The zero-order chi connectivity index (χ0) is 7.15. The molecule has 0 amide bonds. The first-order valence-corrected chi connectivity index (χ1v) is 2.37. The van der Waals surface area contributed by atoms with Crippen molar-refractivity contribution in [1.29, 1.82) is 0 Å². The predicted octanol–water partition coefficient (Wildman–Crippen LogP) is -1.16. The van der Waals surface area contributed by atoms with Gasteiger partial charge in [-0.2, -0.15) is 0 Å². The number of hydrogen-bond donors (Lipinski definition) is 4. The van der Waals surface area contributed by atoms with Crippen molar-refractivity contribution in [1.82, 2.24) is 0 Å². The SMILES string of the molecule is O=[N+]([O-])O.OP(O)O. The molecule has 0 aromatic carbocycles. The van der Waals surface area contributed by atoms with Crippen molar-refractivity contribution < 1.29 is 25.0 Å². The van der Waals surface area contributed by atoms with Crippen molar-refractivity contribution in [3.63, 3.8) is 0 Å². The fourth-order valence-electron chi connectivity index (χ4n) is 0. The molecule has 0 aliphatic carbocycles. The molecule has 8 heteroatoms. The van der Waals surface area contributed by atoms with Crippen molar-refractivity contribution in [2.24, 2.45) is 0 Å². The molecule has 4 N–H and O–H groups in total. The summed E-state index contributed by atoms with van der Waals surface area (Å²) in [6.07, 6.45) is 0. The topological polar surface area (TPSA) is 124 Å². The first-order chi connectivity index (χ1) is 3.46. The van der Waals surface area contributed by atoms with Crippen LogP contribution >= 0.6 is 8.60 Å². The number of nitrogens with zero attached hydrogens (tertiary/aromatic N) is 1. The van der Waals surface area contributed by atoms with Gasteiger partial charge in [-0.15, -0.1) is 10.1 Å². The second-order valence-electron chi connectivity index (χ2n) is 0.506. The van der Waals surface area contributed by atoms with Crippen LogP contribution in [-0.2, 0) is 0 Å². The van der Waals surface area contributed by atoms with E-state index in [4.69, 9.17) is 30.0 Å². The minimum atomic E-state index is -2.62. The van der Waals surface area contributed by atoms with Gasteiger partial charge < -0.3 is 19.9 Å². The molecule has 0 bridgehead atoms. The molecule has 0 aromatic heterocycles. The summed E-state index contributed by atoms with van der Waals surface area (Å²) >= 11 is 0. The van der Waals surface area contributed by atoms with Gasteiger partial charge in [-0.05, 0) is 0 Å². The van der Waals surface area contributed by atoms with Gasteiger partial charge in [-0.3, -0.25) is 0 Å². The van der Waals surface area contributed by atoms with Gasteiger partial charge in [0.15, 0.2) is 0 Å². The summed E-state index contributed by atoms with van der Waals surface area (Å²) in [4.78, 5) is 30.1. The van der Waals surface area contributed by atoms with Crippen LogP contribution in [0.5, 0.6) is 0 Å². The Labute approximate surface area is 44.9 Å². The lowest BCUT2D eigenvalue weighted by molar-refractivity contribution is -0.742. The van der Waals surface area contributed by atoms with Crippen LogP contribution in [0, 0.1) is 10.1 Å². The molecule has 50 valence electrons. The monoisotopic (exact) mass is 145 g/mol. The molecular weight excluding hydrogens is 141 g/mol. The normalized spacial score (nSPS) is 7.50. The van der Waals surface area contributed by atoms with Crippen molar-refractivity contribution in [2.75, 3.05) is 0 Å². The zero-order valence-electron chi connectivity index (χ0n) is 3.50. The van der Waals surface area contributed by atoms with Crippen molar-refractivity contribution in [3.8, 4) is 0 Å². The van der Waals surface area contributed by atoms with E-state index < -0.39 is 13.7 Å². The Morgan fingerprint density at radius 1 is 1.38 bits per heavy atom. The molecule has 0 saturated carbocycles. The summed E-state index contributed by atoms with van der Waals surface area (Å²) in [5, 5.41) is 13.6. The fraction of sp³-hybridized carbons (Fsp3) is 0. The maximum atomic E-state index is 8.36. The summed E-state index contributed by atoms with van der Waals surface area (Å²) in [5.74, 6) is 0. The maximum absolute atomic E-state index is 8.36. The second-order valence-corrected chi connectivity index (χ2v) is 1.04. The lowest BCUT2D eigenvalue weighted by Gasteiger charge is -1.76. The number of hydrogen-bond acceptors (Lipinski definition) is 5. The van der Waals surface area contributed by atoms with E-state index in [2.05, 4.69) is 0 Å². The van der Waals surface area contributed by atoms with Crippen LogP contribution in [0.4, 0.5) is 0 Å². The lowest BCUT2D eigenvalue weighted by atomic mass is 13.1. The van der Waals surface area contributed by atoms with E-state index in [1.807, 2.05) is 0 Å². The van der Waals surface area contributed by atoms with E-state index in [0.29, 0.717) is 0 Å². The second kappa shape index (κ2) is 6.51. The van der Waals surface area contributed by atoms with Crippen LogP contribution in [0.25, 0.3) is 0 Å². The standard InChI is InChI=1S/HNO3.H3O3P/c2-1(3)4;1-4(2)3/h(H,2,3,4);1-3H. The zero-order valence-corrected chi connectivity index (χ0v) is 4.39. The Morgan fingerprint density at radius 2 is 1.38 bits per heavy atom. The van der Waals surface area contributed by atoms with Crippen LogP contribution in [-0.4, -0.2) is 25.0 Å². The first-order valence-electron chi connectivity index (χ1n) is 1.17. The van der Waals surface area contributed by atoms with Gasteiger partial charge in [0.25, 0.3) is 5.09 Å². The lowest BCUT2D eigenvalue weighted by Crippen LogP contribution is -1.81. The van der Waals surface area contributed by atoms with Crippen molar-refractivity contribution in [2.45, 2.75) is 0 Å². The van der Waals surface area contributed by atoms with E-state index in [-0.39, 0.29) is 0 Å². The van der Waals surface area contributed by atoms with Gasteiger partial charge in [0.05, 0.1) is 0 Å². The first kappa shape index (κ1) is 10.5. The molecule has 0 fully saturated rings. The molecule has 8 heavy (non-hydrogen) atoms. The Balaban J connectivity index is 0. The highest BCUT2D eigenvalue weighted by molar-refractivity contribution is 7.38. The smallest absolute Gasteiger partial charge is 0.324 e. The van der Waals surface area contributed by atoms with Gasteiger partial charge in [-0.25, -0.2) is 0 Å². The van der Waals surface area contributed by atoms with E-state index in [1.54, 1.807) is 0 Å². The van der Waals surface area contributed by atoms with E-state index in [0.717, 1.165) is 0 Å². The third kappa shape index (κ3) is 467. The molecule has 0 radical (unpaired) electrons. The Bertz CT molecular complexity index is 52.8. The predicted molar refractivity (Wildman–Crippen MR) is 22.4 cm³/mol. The maximum Gasteiger partial charge on any atom is 0.324 e. The van der Waals surface area contributed by atoms with Crippen LogP contribution in [0.2, 0.25) is 0 Å². The quantitative estimate of drug-likeness (QED) is 0.193. The van der Waals surface area contributed by atoms with E-state index >= 15 is 0 Å². The molecule has 7 nitrogen and oxygen atoms in total. The van der Waals surface area contributed by atoms with Gasteiger partial charge in [-0.1, -0.05) is 0 Å². The molecule has 0 aliphatic rings. The minimum absolute atomic E-state index is 1.50. The Hall–Kier alpha value is -0.490. The molecule has 0 atom stereocenters. The summed E-state index contributed by atoms with van der Waals surface area (Å²) < 4.78 is 0.